The molecule has 0 atom stereocenters. The lowest BCUT2D eigenvalue weighted by Crippen LogP contribution is -2.35. The Hall–Kier alpha value is -1.26. The van der Waals surface area contributed by atoms with Crippen LogP contribution in [0, 0.1) is 0 Å². The molecule has 1 aliphatic rings. The predicted molar refractivity (Wildman–Crippen MR) is 74.2 cm³/mol. The van der Waals surface area contributed by atoms with Crippen LogP contribution in [0.1, 0.15) is 16.8 Å². The van der Waals surface area contributed by atoms with Crippen LogP contribution in [0.2, 0.25) is 0 Å². The van der Waals surface area contributed by atoms with Crippen molar-refractivity contribution >= 4 is 18.5 Å². The third kappa shape index (κ3) is 3.15. The quantitative estimate of drug-likeness (QED) is 0.670. The second-order valence-electron chi connectivity index (χ2n) is 4.35. The fourth-order valence-electron chi connectivity index (χ4n) is 2.03. The number of rotatable bonds is 3. The van der Waals surface area contributed by atoms with Crippen molar-refractivity contribution in [1.82, 2.24) is 4.90 Å². The number of benzene rings is 1. The standard InChI is InChI=1S/C14H17NO2S/c1-17-10-11-5-7-15(8-6-11)14(16)12-3-2-4-13(18)9-12/h2-5,9,18H,6-8,10H2,1H3. The van der Waals surface area contributed by atoms with Crippen LogP contribution in [0.25, 0.3) is 0 Å². The van der Waals surface area contributed by atoms with Crippen LogP contribution in [0.15, 0.2) is 40.8 Å². The second kappa shape index (κ2) is 6.07. The Morgan fingerprint density at radius 3 is 2.94 bits per heavy atom. The maximum absolute atomic E-state index is 12.2. The summed E-state index contributed by atoms with van der Waals surface area (Å²) in [6.45, 7) is 2.08. The highest BCUT2D eigenvalue weighted by Gasteiger charge is 2.18. The number of carbonyl (C=O) groups is 1. The van der Waals surface area contributed by atoms with Gasteiger partial charge in [-0.05, 0) is 30.2 Å². The summed E-state index contributed by atoms with van der Waals surface area (Å²) in [5, 5.41) is 0. The van der Waals surface area contributed by atoms with Gasteiger partial charge in [0.25, 0.3) is 5.91 Å². The maximum atomic E-state index is 12.2. The molecule has 2 rings (SSSR count). The van der Waals surface area contributed by atoms with Gasteiger partial charge in [-0.15, -0.1) is 12.6 Å². The first-order valence-electron chi connectivity index (χ1n) is 5.96. The van der Waals surface area contributed by atoms with Crippen LogP contribution in [-0.2, 0) is 4.74 Å². The molecule has 1 heterocycles. The van der Waals surface area contributed by atoms with E-state index in [1.165, 1.54) is 5.57 Å². The van der Waals surface area contributed by atoms with Crippen molar-refractivity contribution in [3.05, 3.63) is 41.5 Å². The van der Waals surface area contributed by atoms with Crippen molar-refractivity contribution in [2.75, 3.05) is 26.8 Å². The summed E-state index contributed by atoms with van der Waals surface area (Å²) in [5.41, 5.74) is 1.97. The molecule has 0 aromatic heterocycles. The van der Waals surface area contributed by atoms with Crippen molar-refractivity contribution in [1.29, 1.82) is 0 Å². The summed E-state index contributed by atoms with van der Waals surface area (Å²) in [4.78, 5) is 14.9. The first-order chi connectivity index (χ1) is 8.70. The third-order valence-corrected chi connectivity index (χ3v) is 3.29. The summed E-state index contributed by atoms with van der Waals surface area (Å²) < 4.78 is 5.10. The molecule has 0 saturated carbocycles. The van der Waals surface area contributed by atoms with Crippen LogP contribution in [-0.4, -0.2) is 37.6 Å². The van der Waals surface area contributed by atoms with E-state index in [0.717, 1.165) is 17.9 Å². The van der Waals surface area contributed by atoms with Gasteiger partial charge in [0.15, 0.2) is 0 Å². The normalized spacial score (nSPS) is 15.4. The molecule has 0 spiro atoms. The molecule has 3 nitrogen and oxygen atoms in total. The molecule has 0 radical (unpaired) electrons. The molecular weight excluding hydrogens is 246 g/mol. The largest absolute Gasteiger partial charge is 0.380 e. The number of thiol groups is 1. The molecule has 96 valence electrons. The van der Waals surface area contributed by atoms with Gasteiger partial charge >= 0.3 is 0 Å². The highest BCUT2D eigenvalue weighted by Crippen LogP contribution is 2.16. The molecule has 1 aromatic rings. The van der Waals surface area contributed by atoms with Crippen molar-refractivity contribution in [3.63, 3.8) is 0 Å². The zero-order valence-corrected chi connectivity index (χ0v) is 11.3. The van der Waals surface area contributed by atoms with E-state index < -0.39 is 0 Å². The topological polar surface area (TPSA) is 29.5 Å². The van der Waals surface area contributed by atoms with Gasteiger partial charge in [-0.2, -0.15) is 0 Å². The van der Waals surface area contributed by atoms with Crippen molar-refractivity contribution in [2.45, 2.75) is 11.3 Å². The molecule has 0 saturated heterocycles. The number of hydrogen-bond acceptors (Lipinski definition) is 3. The van der Waals surface area contributed by atoms with Gasteiger partial charge in [-0.1, -0.05) is 12.1 Å². The van der Waals surface area contributed by atoms with Crippen molar-refractivity contribution in [2.24, 2.45) is 0 Å². The lowest BCUT2D eigenvalue weighted by atomic mass is 10.1. The molecule has 4 heteroatoms. The molecule has 0 aliphatic carbocycles. The highest BCUT2D eigenvalue weighted by molar-refractivity contribution is 7.80. The third-order valence-electron chi connectivity index (χ3n) is 3.01. The Labute approximate surface area is 113 Å². The fourth-order valence-corrected chi connectivity index (χ4v) is 2.26. The van der Waals surface area contributed by atoms with Crippen molar-refractivity contribution < 1.29 is 9.53 Å². The van der Waals surface area contributed by atoms with E-state index in [1.54, 1.807) is 13.2 Å². The van der Waals surface area contributed by atoms with Gasteiger partial charge < -0.3 is 9.64 Å². The Balaban J connectivity index is 2.04. The number of hydrogen-bond donors (Lipinski definition) is 1. The summed E-state index contributed by atoms with van der Waals surface area (Å²) in [6.07, 6.45) is 2.97. The number of carbonyl (C=O) groups excluding carboxylic acids is 1. The molecule has 0 N–H and O–H groups in total. The van der Waals surface area contributed by atoms with Gasteiger partial charge in [0.2, 0.25) is 0 Å². The summed E-state index contributed by atoms with van der Waals surface area (Å²) >= 11 is 4.26. The number of methoxy groups -OCH3 is 1. The van der Waals surface area contributed by atoms with Gasteiger partial charge in [0, 0.05) is 30.7 Å². The second-order valence-corrected chi connectivity index (χ2v) is 4.86. The monoisotopic (exact) mass is 263 g/mol. The minimum atomic E-state index is 0.0682. The van der Waals surface area contributed by atoms with E-state index in [9.17, 15) is 4.79 Å². The van der Waals surface area contributed by atoms with E-state index in [1.807, 2.05) is 23.1 Å². The van der Waals surface area contributed by atoms with E-state index in [0.29, 0.717) is 18.7 Å². The Bertz CT molecular complexity index is 471. The summed E-state index contributed by atoms with van der Waals surface area (Å²) in [7, 11) is 1.69. The molecule has 1 aliphatic heterocycles. The van der Waals surface area contributed by atoms with Crippen molar-refractivity contribution in [3.8, 4) is 0 Å². The molecular formula is C14H17NO2S. The average Bonchev–Trinajstić information content (AvgIpc) is 2.39. The molecule has 0 bridgehead atoms. The Morgan fingerprint density at radius 1 is 1.50 bits per heavy atom. The van der Waals surface area contributed by atoms with E-state index in [2.05, 4.69) is 18.7 Å². The average molecular weight is 263 g/mol. The lowest BCUT2D eigenvalue weighted by Gasteiger charge is -2.26. The van der Waals surface area contributed by atoms with Gasteiger partial charge in [-0.25, -0.2) is 0 Å². The lowest BCUT2D eigenvalue weighted by molar-refractivity contribution is 0.0764. The first kappa shape index (κ1) is 13.2. The molecule has 0 unspecified atom stereocenters. The molecule has 0 fully saturated rings. The van der Waals surface area contributed by atoms with E-state index in [-0.39, 0.29) is 5.91 Å². The van der Waals surface area contributed by atoms with E-state index >= 15 is 0 Å². The maximum Gasteiger partial charge on any atom is 0.254 e. The highest BCUT2D eigenvalue weighted by atomic mass is 32.1. The van der Waals surface area contributed by atoms with Crippen LogP contribution < -0.4 is 0 Å². The summed E-state index contributed by atoms with van der Waals surface area (Å²) in [6, 6.07) is 7.36. The van der Waals surface area contributed by atoms with Gasteiger partial charge in [0.05, 0.1) is 6.61 Å². The van der Waals surface area contributed by atoms with Gasteiger partial charge in [-0.3, -0.25) is 4.79 Å². The minimum absolute atomic E-state index is 0.0682. The molecule has 18 heavy (non-hydrogen) atoms. The fraction of sp³-hybridized carbons (Fsp3) is 0.357. The summed E-state index contributed by atoms with van der Waals surface area (Å²) in [5.74, 6) is 0.0682. The van der Waals surface area contributed by atoms with Gasteiger partial charge in [0.1, 0.15) is 0 Å². The van der Waals surface area contributed by atoms with E-state index in [4.69, 9.17) is 4.74 Å². The van der Waals surface area contributed by atoms with Crippen LogP contribution >= 0.6 is 12.6 Å². The predicted octanol–water partition coefficient (Wildman–Crippen LogP) is 2.39. The number of ether oxygens (including phenoxy) is 1. The van der Waals surface area contributed by atoms with Crippen LogP contribution in [0.4, 0.5) is 0 Å². The zero-order valence-electron chi connectivity index (χ0n) is 10.4. The number of nitrogens with zero attached hydrogens (tertiary/aromatic N) is 1. The Morgan fingerprint density at radius 2 is 2.33 bits per heavy atom. The number of amides is 1. The molecule has 1 amide bonds. The first-order valence-corrected chi connectivity index (χ1v) is 6.40. The minimum Gasteiger partial charge on any atom is -0.380 e. The molecule has 1 aromatic carbocycles. The van der Waals surface area contributed by atoms with Crippen LogP contribution in [0.5, 0.6) is 0 Å². The smallest absolute Gasteiger partial charge is 0.254 e. The van der Waals surface area contributed by atoms with Crippen LogP contribution in [0.3, 0.4) is 0 Å². The SMILES string of the molecule is COCC1=CCN(C(=O)c2cccc(S)c2)CC1. The Kier molecular flexibility index (Phi) is 4.44. The zero-order chi connectivity index (χ0) is 13.0.